The molecule has 0 aromatic carbocycles. The highest BCUT2D eigenvalue weighted by atomic mass is 16.5. The Bertz CT molecular complexity index is 454. The standard InChI is InChI=1S/C13H23N3O4/c1-9(2)13(3,18)8-16-10(6-7-19-4)11(14-15-16)12(17)20-5/h9,18H,6-8H2,1-5H3. The summed E-state index contributed by atoms with van der Waals surface area (Å²) in [5.74, 6) is -0.491. The van der Waals surface area contributed by atoms with Crippen LogP contribution in [0, 0.1) is 5.92 Å². The fraction of sp³-hybridized carbons (Fsp3) is 0.769. The normalized spacial score (nSPS) is 14.3. The Hall–Kier alpha value is -1.47. The van der Waals surface area contributed by atoms with Gasteiger partial charge in [0.15, 0.2) is 5.69 Å². The number of aliphatic hydroxyl groups is 1. The SMILES string of the molecule is COCCc1c(C(=O)OC)nnn1CC(C)(O)C(C)C. The first kappa shape index (κ1) is 16.6. The Balaban J connectivity index is 3.06. The smallest absolute Gasteiger partial charge is 0.360 e. The van der Waals surface area contributed by atoms with Gasteiger partial charge in [0, 0.05) is 13.5 Å². The molecule has 1 aromatic heterocycles. The van der Waals surface area contributed by atoms with E-state index in [0.717, 1.165) is 0 Å². The number of carbonyl (C=O) groups is 1. The third-order valence-electron chi connectivity index (χ3n) is 3.47. The van der Waals surface area contributed by atoms with Crippen molar-refractivity contribution >= 4 is 5.97 Å². The first-order valence-corrected chi connectivity index (χ1v) is 6.55. The molecule has 20 heavy (non-hydrogen) atoms. The van der Waals surface area contributed by atoms with E-state index in [1.54, 1.807) is 18.7 Å². The molecule has 1 rings (SSSR count). The number of rotatable bonds is 7. The van der Waals surface area contributed by atoms with E-state index in [2.05, 4.69) is 15.0 Å². The molecular formula is C13H23N3O4. The first-order valence-electron chi connectivity index (χ1n) is 6.55. The van der Waals surface area contributed by atoms with Crippen LogP contribution in [-0.4, -0.2) is 52.5 Å². The van der Waals surface area contributed by atoms with Gasteiger partial charge in [-0.25, -0.2) is 9.48 Å². The summed E-state index contributed by atoms with van der Waals surface area (Å²) in [6.45, 7) is 6.27. The molecule has 0 aliphatic carbocycles. The monoisotopic (exact) mass is 285 g/mol. The number of aromatic nitrogens is 3. The van der Waals surface area contributed by atoms with Crippen LogP contribution >= 0.6 is 0 Å². The number of esters is 1. The van der Waals surface area contributed by atoms with Crippen molar-refractivity contribution in [2.24, 2.45) is 5.92 Å². The molecule has 114 valence electrons. The molecule has 0 fully saturated rings. The van der Waals surface area contributed by atoms with Gasteiger partial charge in [-0.3, -0.25) is 0 Å². The highest BCUT2D eigenvalue weighted by molar-refractivity contribution is 5.88. The zero-order valence-electron chi connectivity index (χ0n) is 12.7. The average Bonchev–Trinajstić information content (AvgIpc) is 2.77. The lowest BCUT2D eigenvalue weighted by atomic mass is 9.92. The molecule has 0 saturated heterocycles. The van der Waals surface area contributed by atoms with Gasteiger partial charge in [-0.2, -0.15) is 0 Å². The lowest BCUT2D eigenvalue weighted by molar-refractivity contribution is -0.00702. The van der Waals surface area contributed by atoms with Gasteiger partial charge in [0.05, 0.1) is 31.6 Å². The summed E-state index contributed by atoms with van der Waals surface area (Å²) in [4.78, 5) is 11.7. The van der Waals surface area contributed by atoms with Crippen LogP contribution in [0.3, 0.4) is 0 Å². The third kappa shape index (κ3) is 3.77. The minimum absolute atomic E-state index is 0.0450. The molecular weight excluding hydrogens is 262 g/mol. The predicted octanol–water partition coefficient (Wildman–Crippen LogP) is 0.661. The van der Waals surface area contributed by atoms with Gasteiger partial charge in [-0.05, 0) is 12.8 Å². The number of carbonyl (C=O) groups excluding carboxylic acids is 1. The molecule has 7 nitrogen and oxygen atoms in total. The zero-order chi connectivity index (χ0) is 15.3. The maximum absolute atomic E-state index is 11.7. The van der Waals surface area contributed by atoms with Crippen molar-refractivity contribution in [3.05, 3.63) is 11.4 Å². The van der Waals surface area contributed by atoms with E-state index in [1.165, 1.54) is 7.11 Å². The van der Waals surface area contributed by atoms with E-state index >= 15 is 0 Å². The van der Waals surface area contributed by atoms with Gasteiger partial charge in [0.25, 0.3) is 0 Å². The molecule has 0 saturated carbocycles. The molecule has 0 radical (unpaired) electrons. The first-order chi connectivity index (χ1) is 9.33. The summed E-state index contributed by atoms with van der Waals surface area (Å²) in [5.41, 5.74) is -0.160. The van der Waals surface area contributed by atoms with Crippen molar-refractivity contribution in [1.82, 2.24) is 15.0 Å². The van der Waals surface area contributed by atoms with Crippen LogP contribution in [-0.2, 0) is 22.4 Å². The maximum Gasteiger partial charge on any atom is 0.360 e. The van der Waals surface area contributed by atoms with Crippen LogP contribution in [0.5, 0.6) is 0 Å². The number of hydrogen-bond donors (Lipinski definition) is 1. The van der Waals surface area contributed by atoms with Crippen LogP contribution in [0.25, 0.3) is 0 Å². The summed E-state index contributed by atoms with van der Waals surface area (Å²) >= 11 is 0. The van der Waals surface area contributed by atoms with Crippen molar-refractivity contribution in [3.63, 3.8) is 0 Å². The molecule has 0 bridgehead atoms. The highest BCUT2D eigenvalue weighted by Crippen LogP contribution is 2.20. The lowest BCUT2D eigenvalue weighted by Crippen LogP contribution is -2.37. The maximum atomic E-state index is 11.7. The number of hydrogen-bond acceptors (Lipinski definition) is 6. The number of ether oxygens (including phenoxy) is 2. The third-order valence-corrected chi connectivity index (χ3v) is 3.47. The molecule has 0 aliphatic rings. The lowest BCUT2D eigenvalue weighted by Gasteiger charge is -2.27. The van der Waals surface area contributed by atoms with Crippen molar-refractivity contribution in [2.75, 3.05) is 20.8 Å². The molecule has 1 heterocycles. The van der Waals surface area contributed by atoms with Gasteiger partial charge in [-0.1, -0.05) is 19.1 Å². The summed E-state index contributed by atoms with van der Waals surface area (Å²) in [5, 5.41) is 18.2. The fourth-order valence-corrected chi connectivity index (χ4v) is 1.65. The summed E-state index contributed by atoms with van der Waals surface area (Å²) in [6.07, 6.45) is 0.474. The molecule has 1 unspecified atom stereocenters. The Kier molecular flexibility index (Phi) is 5.64. The Labute approximate surface area is 118 Å². The quantitative estimate of drug-likeness (QED) is 0.741. The summed E-state index contributed by atoms with van der Waals surface area (Å²) < 4.78 is 11.3. The van der Waals surface area contributed by atoms with Crippen molar-refractivity contribution in [2.45, 2.75) is 39.3 Å². The molecule has 7 heteroatoms. The highest BCUT2D eigenvalue weighted by Gasteiger charge is 2.29. The second kappa shape index (κ2) is 6.81. The molecule has 1 atom stereocenters. The Morgan fingerprint density at radius 1 is 1.45 bits per heavy atom. The van der Waals surface area contributed by atoms with E-state index in [9.17, 15) is 9.90 Å². The average molecular weight is 285 g/mol. The van der Waals surface area contributed by atoms with Crippen LogP contribution < -0.4 is 0 Å². The van der Waals surface area contributed by atoms with E-state index in [4.69, 9.17) is 4.74 Å². The second-order valence-corrected chi connectivity index (χ2v) is 5.29. The van der Waals surface area contributed by atoms with Gasteiger partial charge < -0.3 is 14.6 Å². The van der Waals surface area contributed by atoms with Crippen LogP contribution in [0.1, 0.15) is 37.0 Å². The van der Waals surface area contributed by atoms with Crippen molar-refractivity contribution < 1.29 is 19.4 Å². The van der Waals surface area contributed by atoms with Gasteiger partial charge in [-0.15, -0.1) is 5.10 Å². The summed E-state index contributed by atoms with van der Waals surface area (Å²) in [6, 6.07) is 0. The van der Waals surface area contributed by atoms with Crippen molar-refractivity contribution in [1.29, 1.82) is 0 Å². The molecule has 0 spiro atoms. The van der Waals surface area contributed by atoms with Gasteiger partial charge in [0.1, 0.15) is 0 Å². The van der Waals surface area contributed by atoms with E-state index in [-0.39, 0.29) is 18.2 Å². The van der Waals surface area contributed by atoms with Crippen molar-refractivity contribution in [3.8, 4) is 0 Å². The van der Waals surface area contributed by atoms with E-state index in [1.807, 2.05) is 13.8 Å². The minimum atomic E-state index is -0.942. The van der Waals surface area contributed by atoms with E-state index in [0.29, 0.717) is 18.7 Å². The summed E-state index contributed by atoms with van der Waals surface area (Å²) in [7, 11) is 2.88. The van der Waals surface area contributed by atoms with Crippen LogP contribution in [0.2, 0.25) is 0 Å². The van der Waals surface area contributed by atoms with Gasteiger partial charge >= 0.3 is 5.97 Å². The van der Waals surface area contributed by atoms with Gasteiger partial charge in [0.2, 0.25) is 0 Å². The molecule has 1 aromatic rings. The molecule has 1 N–H and O–H groups in total. The van der Waals surface area contributed by atoms with Crippen LogP contribution in [0.4, 0.5) is 0 Å². The number of nitrogens with zero attached hydrogens (tertiary/aromatic N) is 3. The van der Waals surface area contributed by atoms with E-state index < -0.39 is 11.6 Å². The largest absolute Gasteiger partial charge is 0.464 e. The molecule has 0 aliphatic heterocycles. The Morgan fingerprint density at radius 2 is 2.10 bits per heavy atom. The second-order valence-electron chi connectivity index (χ2n) is 5.29. The minimum Gasteiger partial charge on any atom is -0.464 e. The van der Waals surface area contributed by atoms with Crippen LogP contribution in [0.15, 0.2) is 0 Å². The molecule has 0 amide bonds. The zero-order valence-corrected chi connectivity index (χ0v) is 12.7. The Morgan fingerprint density at radius 3 is 2.60 bits per heavy atom. The predicted molar refractivity (Wildman–Crippen MR) is 72.4 cm³/mol. The topological polar surface area (TPSA) is 86.5 Å². The number of methoxy groups -OCH3 is 2. The fourth-order valence-electron chi connectivity index (χ4n) is 1.65.